The number of ether oxygens (including phenoxy) is 1. The topological polar surface area (TPSA) is 96.0 Å². The lowest BCUT2D eigenvalue weighted by Gasteiger charge is -2.33. The third kappa shape index (κ3) is 7.55. The van der Waals surface area contributed by atoms with E-state index in [1.807, 2.05) is 26.0 Å². The molecule has 0 spiro atoms. The Morgan fingerprint density at radius 3 is 2.25 bits per heavy atom. The van der Waals surface area contributed by atoms with Crippen molar-refractivity contribution in [3.05, 3.63) is 88.9 Å². The van der Waals surface area contributed by atoms with Crippen LogP contribution in [0.5, 0.6) is 5.75 Å². The van der Waals surface area contributed by atoms with Gasteiger partial charge in [0.25, 0.3) is 10.0 Å². The van der Waals surface area contributed by atoms with Crippen LogP contribution in [0.2, 0.25) is 5.02 Å². The fourth-order valence-corrected chi connectivity index (χ4v) is 6.07. The van der Waals surface area contributed by atoms with Crippen molar-refractivity contribution >= 4 is 39.1 Å². The Bertz CT molecular complexity index is 1400. The standard InChI is InChI=1S/C30H36ClN3O5S/c1-5-18-32-30(36)27(6-2)33(20-23-12-15-25(39-4)16-13-23)29(35)21-34(28-17-14-24(31)19-22(28)3)40(37,38)26-10-8-7-9-11-26/h7-17,19,27H,5-6,18,20-21H2,1-4H3,(H,32,36)/t27-/m1/s1. The van der Waals surface area contributed by atoms with E-state index in [0.29, 0.717) is 35.0 Å². The van der Waals surface area contributed by atoms with Crippen LogP contribution in [0.1, 0.15) is 37.8 Å². The van der Waals surface area contributed by atoms with Crippen LogP contribution in [0.25, 0.3) is 0 Å². The van der Waals surface area contributed by atoms with Crippen LogP contribution < -0.4 is 14.4 Å². The summed E-state index contributed by atoms with van der Waals surface area (Å²) in [6.07, 6.45) is 1.09. The Morgan fingerprint density at radius 2 is 1.68 bits per heavy atom. The van der Waals surface area contributed by atoms with Gasteiger partial charge in [0.15, 0.2) is 0 Å². The third-order valence-corrected chi connectivity index (χ3v) is 8.49. The summed E-state index contributed by atoms with van der Waals surface area (Å²) in [6, 6.07) is 19.2. The summed E-state index contributed by atoms with van der Waals surface area (Å²) < 4.78 is 34.1. The highest BCUT2D eigenvalue weighted by Crippen LogP contribution is 2.29. The molecule has 3 aromatic rings. The van der Waals surface area contributed by atoms with Crippen LogP contribution >= 0.6 is 11.6 Å². The maximum Gasteiger partial charge on any atom is 0.264 e. The fourth-order valence-electron chi connectivity index (χ4n) is 4.34. The molecule has 8 nitrogen and oxygen atoms in total. The number of hydrogen-bond acceptors (Lipinski definition) is 5. The highest BCUT2D eigenvalue weighted by molar-refractivity contribution is 7.92. The van der Waals surface area contributed by atoms with E-state index < -0.39 is 28.5 Å². The number of rotatable bonds is 13. The van der Waals surface area contributed by atoms with Crippen molar-refractivity contribution in [2.24, 2.45) is 0 Å². The first-order valence-electron chi connectivity index (χ1n) is 13.2. The van der Waals surface area contributed by atoms with Gasteiger partial charge in [0.05, 0.1) is 17.7 Å². The number of carbonyl (C=O) groups excluding carboxylic acids is 2. The number of methoxy groups -OCH3 is 1. The average molecular weight is 586 g/mol. The molecule has 3 aromatic carbocycles. The molecule has 1 atom stereocenters. The van der Waals surface area contributed by atoms with Crippen molar-refractivity contribution in [1.29, 1.82) is 0 Å². The van der Waals surface area contributed by atoms with Gasteiger partial charge >= 0.3 is 0 Å². The van der Waals surface area contributed by atoms with Gasteiger partial charge in [-0.3, -0.25) is 13.9 Å². The molecule has 40 heavy (non-hydrogen) atoms. The predicted octanol–water partition coefficient (Wildman–Crippen LogP) is 5.19. The molecule has 214 valence electrons. The lowest BCUT2D eigenvalue weighted by molar-refractivity contribution is -0.140. The van der Waals surface area contributed by atoms with Crippen LogP contribution in [-0.2, 0) is 26.2 Å². The molecule has 0 aliphatic rings. The number of benzene rings is 3. The van der Waals surface area contributed by atoms with Crippen molar-refractivity contribution in [2.45, 2.75) is 51.1 Å². The van der Waals surface area contributed by atoms with Gasteiger partial charge in [-0.05, 0) is 73.4 Å². The first-order valence-corrected chi connectivity index (χ1v) is 15.0. The molecule has 0 aromatic heterocycles. The summed E-state index contributed by atoms with van der Waals surface area (Å²) in [5.74, 6) is -0.137. The van der Waals surface area contributed by atoms with E-state index in [4.69, 9.17) is 16.3 Å². The molecule has 10 heteroatoms. The van der Waals surface area contributed by atoms with Crippen LogP contribution in [0.4, 0.5) is 5.69 Å². The van der Waals surface area contributed by atoms with Gasteiger partial charge in [0, 0.05) is 18.1 Å². The Balaban J connectivity index is 2.06. The fraction of sp³-hybridized carbons (Fsp3) is 0.333. The molecule has 0 bridgehead atoms. The first kappa shape index (κ1) is 31.0. The van der Waals surface area contributed by atoms with E-state index in [1.54, 1.807) is 62.6 Å². The van der Waals surface area contributed by atoms with E-state index in [9.17, 15) is 18.0 Å². The minimum atomic E-state index is -4.14. The largest absolute Gasteiger partial charge is 0.497 e. The molecule has 3 rings (SSSR count). The number of carbonyl (C=O) groups is 2. The van der Waals surface area contributed by atoms with Crippen molar-refractivity contribution in [2.75, 3.05) is 24.5 Å². The zero-order valence-electron chi connectivity index (χ0n) is 23.3. The molecule has 0 radical (unpaired) electrons. The second-order valence-corrected chi connectivity index (χ2v) is 11.6. The van der Waals surface area contributed by atoms with Gasteiger partial charge in [-0.15, -0.1) is 0 Å². The summed E-state index contributed by atoms with van der Waals surface area (Å²) in [7, 11) is -2.58. The van der Waals surface area contributed by atoms with Gasteiger partial charge < -0.3 is 15.0 Å². The zero-order chi connectivity index (χ0) is 29.3. The highest BCUT2D eigenvalue weighted by atomic mass is 35.5. The first-order chi connectivity index (χ1) is 19.1. The summed E-state index contributed by atoms with van der Waals surface area (Å²) in [6.45, 7) is 5.58. The van der Waals surface area contributed by atoms with Gasteiger partial charge in [-0.1, -0.05) is 55.8 Å². The summed E-state index contributed by atoms with van der Waals surface area (Å²) >= 11 is 6.16. The van der Waals surface area contributed by atoms with E-state index in [-0.39, 0.29) is 17.3 Å². The Kier molecular flexibility index (Phi) is 11.0. The molecule has 0 unspecified atom stereocenters. The van der Waals surface area contributed by atoms with Gasteiger partial charge in [0.1, 0.15) is 18.3 Å². The number of halogens is 1. The summed E-state index contributed by atoms with van der Waals surface area (Å²) in [5, 5.41) is 3.33. The third-order valence-electron chi connectivity index (χ3n) is 6.48. The maximum absolute atomic E-state index is 14.1. The molecule has 0 aliphatic heterocycles. The second-order valence-electron chi connectivity index (χ2n) is 9.34. The van der Waals surface area contributed by atoms with E-state index in [1.165, 1.54) is 17.0 Å². The normalized spacial score (nSPS) is 11.9. The molecule has 0 heterocycles. The molecule has 0 saturated carbocycles. The Hall–Kier alpha value is -3.56. The SMILES string of the molecule is CCCNC(=O)[C@@H](CC)N(Cc1ccc(OC)cc1)C(=O)CN(c1ccc(Cl)cc1C)S(=O)(=O)c1ccccc1. The zero-order valence-corrected chi connectivity index (χ0v) is 24.8. The molecule has 1 N–H and O–H groups in total. The van der Waals surface area contributed by atoms with Crippen LogP contribution in [0, 0.1) is 6.92 Å². The average Bonchev–Trinajstić information content (AvgIpc) is 2.95. The van der Waals surface area contributed by atoms with Crippen molar-refractivity contribution in [1.82, 2.24) is 10.2 Å². The van der Waals surface area contributed by atoms with Crippen LogP contribution in [0.3, 0.4) is 0 Å². The molecule has 0 saturated heterocycles. The van der Waals surface area contributed by atoms with Crippen molar-refractivity contribution in [3.63, 3.8) is 0 Å². The number of aryl methyl sites for hydroxylation is 1. The number of nitrogens with one attached hydrogen (secondary N) is 1. The van der Waals surface area contributed by atoms with Gasteiger partial charge in [-0.2, -0.15) is 0 Å². The van der Waals surface area contributed by atoms with E-state index in [0.717, 1.165) is 16.3 Å². The second kappa shape index (κ2) is 14.2. The minimum absolute atomic E-state index is 0.0478. The number of nitrogens with zero attached hydrogens (tertiary/aromatic N) is 2. The van der Waals surface area contributed by atoms with Gasteiger partial charge in [-0.25, -0.2) is 8.42 Å². The monoisotopic (exact) mass is 585 g/mol. The molecular weight excluding hydrogens is 550 g/mol. The molecular formula is C30H36ClN3O5S. The van der Waals surface area contributed by atoms with Crippen LogP contribution in [0.15, 0.2) is 77.7 Å². The lowest BCUT2D eigenvalue weighted by Crippen LogP contribution is -2.52. The highest BCUT2D eigenvalue weighted by Gasteiger charge is 2.34. The minimum Gasteiger partial charge on any atom is -0.497 e. The molecule has 0 aliphatic carbocycles. The lowest BCUT2D eigenvalue weighted by atomic mass is 10.1. The number of sulfonamides is 1. The predicted molar refractivity (Wildman–Crippen MR) is 158 cm³/mol. The Morgan fingerprint density at radius 1 is 1.00 bits per heavy atom. The number of amides is 2. The van der Waals surface area contributed by atoms with Crippen molar-refractivity contribution < 1.29 is 22.7 Å². The molecule has 2 amide bonds. The van der Waals surface area contributed by atoms with Gasteiger partial charge in [0.2, 0.25) is 11.8 Å². The van der Waals surface area contributed by atoms with E-state index >= 15 is 0 Å². The number of anilines is 1. The Labute approximate surface area is 241 Å². The number of hydrogen-bond donors (Lipinski definition) is 1. The summed E-state index contributed by atoms with van der Waals surface area (Å²) in [4.78, 5) is 28.7. The smallest absolute Gasteiger partial charge is 0.264 e. The summed E-state index contributed by atoms with van der Waals surface area (Å²) in [5.41, 5.74) is 1.69. The van der Waals surface area contributed by atoms with E-state index in [2.05, 4.69) is 5.32 Å². The maximum atomic E-state index is 14.1. The quantitative estimate of drug-likeness (QED) is 0.298. The molecule has 0 fully saturated rings. The van der Waals surface area contributed by atoms with Crippen molar-refractivity contribution in [3.8, 4) is 5.75 Å². The van der Waals surface area contributed by atoms with Crippen LogP contribution in [-0.4, -0.2) is 51.4 Å².